The van der Waals surface area contributed by atoms with Gasteiger partial charge < -0.3 is 10.6 Å². The highest BCUT2D eigenvalue weighted by Gasteiger charge is 2.09. The highest BCUT2D eigenvalue weighted by molar-refractivity contribution is 6.34. The van der Waals surface area contributed by atoms with Gasteiger partial charge in [-0.25, -0.2) is 4.79 Å². The van der Waals surface area contributed by atoms with E-state index in [1.165, 1.54) is 0 Å². The molecule has 0 saturated heterocycles. The van der Waals surface area contributed by atoms with Gasteiger partial charge >= 0.3 is 6.03 Å². The van der Waals surface area contributed by atoms with Gasteiger partial charge in [-0.05, 0) is 55.7 Å². The van der Waals surface area contributed by atoms with Crippen LogP contribution in [0.2, 0.25) is 5.02 Å². The summed E-state index contributed by atoms with van der Waals surface area (Å²) >= 11 is 6.16. The van der Waals surface area contributed by atoms with Gasteiger partial charge in [0.25, 0.3) is 0 Å². The Morgan fingerprint density at radius 2 is 1.75 bits per heavy atom. The zero-order valence-electron chi connectivity index (χ0n) is 11.8. The molecular formula is C16H17ClN2O. The fourth-order valence-corrected chi connectivity index (χ4v) is 2.44. The molecule has 0 aromatic heterocycles. The average Bonchev–Trinajstić information content (AvgIpc) is 2.33. The number of carbonyl (C=O) groups is 1. The molecule has 0 aliphatic heterocycles. The van der Waals surface area contributed by atoms with E-state index in [1.807, 2.05) is 57.2 Å². The normalized spacial score (nSPS) is 10.2. The summed E-state index contributed by atoms with van der Waals surface area (Å²) < 4.78 is 0. The molecular weight excluding hydrogens is 272 g/mol. The van der Waals surface area contributed by atoms with Crippen molar-refractivity contribution in [2.45, 2.75) is 20.8 Å². The summed E-state index contributed by atoms with van der Waals surface area (Å²) in [7, 11) is 0. The Balaban J connectivity index is 2.13. The summed E-state index contributed by atoms with van der Waals surface area (Å²) in [5.41, 5.74) is 4.49. The van der Waals surface area contributed by atoms with Gasteiger partial charge in [-0.3, -0.25) is 0 Å². The molecule has 2 rings (SSSR count). The van der Waals surface area contributed by atoms with Gasteiger partial charge in [-0.2, -0.15) is 0 Å². The summed E-state index contributed by atoms with van der Waals surface area (Å²) in [5, 5.41) is 6.13. The molecule has 3 nitrogen and oxygen atoms in total. The molecule has 2 aromatic rings. The Kier molecular flexibility index (Phi) is 4.30. The lowest BCUT2D eigenvalue weighted by molar-refractivity contribution is 0.262. The second-order valence-electron chi connectivity index (χ2n) is 4.89. The zero-order chi connectivity index (χ0) is 14.7. The van der Waals surface area contributed by atoms with Crippen molar-refractivity contribution >= 4 is 29.0 Å². The van der Waals surface area contributed by atoms with E-state index in [0.29, 0.717) is 10.7 Å². The van der Waals surface area contributed by atoms with E-state index in [4.69, 9.17) is 11.6 Å². The molecule has 0 unspecified atom stereocenters. The smallest absolute Gasteiger partial charge is 0.308 e. The number of halogens is 1. The van der Waals surface area contributed by atoms with Crippen molar-refractivity contribution in [3.05, 3.63) is 58.1 Å². The van der Waals surface area contributed by atoms with Crippen LogP contribution in [0.25, 0.3) is 0 Å². The van der Waals surface area contributed by atoms with Crippen LogP contribution in [-0.2, 0) is 0 Å². The van der Waals surface area contributed by atoms with Crippen molar-refractivity contribution in [3.63, 3.8) is 0 Å². The first-order chi connectivity index (χ1) is 9.45. The lowest BCUT2D eigenvalue weighted by atomic mass is 10.1. The van der Waals surface area contributed by atoms with E-state index in [2.05, 4.69) is 10.6 Å². The van der Waals surface area contributed by atoms with Crippen LogP contribution in [0.1, 0.15) is 16.7 Å². The number of hydrogen-bond donors (Lipinski definition) is 2. The molecule has 0 fully saturated rings. The number of hydrogen-bond acceptors (Lipinski definition) is 1. The Labute approximate surface area is 124 Å². The summed E-state index contributed by atoms with van der Waals surface area (Å²) in [5.74, 6) is 0. The van der Waals surface area contributed by atoms with E-state index < -0.39 is 0 Å². The van der Waals surface area contributed by atoms with E-state index in [1.54, 1.807) is 0 Å². The largest absolute Gasteiger partial charge is 0.323 e. The van der Waals surface area contributed by atoms with Gasteiger partial charge in [0.15, 0.2) is 0 Å². The third-order valence-corrected chi connectivity index (χ3v) is 3.24. The van der Waals surface area contributed by atoms with Gasteiger partial charge in [-0.1, -0.05) is 29.8 Å². The Morgan fingerprint density at radius 1 is 1.00 bits per heavy atom. The SMILES string of the molecule is Cc1cccc(NC(=O)Nc2c(C)cc(C)cc2Cl)c1. The first-order valence-corrected chi connectivity index (χ1v) is 6.75. The van der Waals surface area contributed by atoms with Crippen LogP contribution in [0, 0.1) is 20.8 Å². The minimum Gasteiger partial charge on any atom is -0.308 e. The first-order valence-electron chi connectivity index (χ1n) is 6.37. The second-order valence-corrected chi connectivity index (χ2v) is 5.29. The summed E-state index contributed by atoms with van der Waals surface area (Å²) in [6, 6.07) is 11.1. The second kappa shape index (κ2) is 5.97. The Hall–Kier alpha value is -2.00. The van der Waals surface area contributed by atoms with E-state index >= 15 is 0 Å². The standard InChI is InChI=1S/C16H17ClN2O/c1-10-5-4-6-13(8-10)18-16(20)19-15-12(3)7-11(2)9-14(15)17/h4-9H,1-3H3,(H2,18,19,20). The topological polar surface area (TPSA) is 41.1 Å². The number of urea groups is 1. The number of anilines is 2. The van der Waals surface area contributed by atoms with E-state index in [0.717, 1.165) is 22.4 Å². The van der Waals surface area contributed by atoms with Crippen LogP contribution in [0.4, 0.5) is 16.2 Å². The monoisotopic (exact) mass is 288 g/mol. The van der Waals surface area contributed by atoms with Crippen LogP contribution >= 0.6 is 11.6 Å². The van der Waals surface area contributed by atoms with Gasteiger partial charge in [0.05, 0.1) is 10.7 Å². The molecule has 2 amide bonds. The first kappa shape index (κ1) is 14.4. The predicted octanol–water partition coefficient (Wildman–Crippen LogP) is 4.91. The van der Waals surface area contributed by atoms with Crippen LogP contribution < -0.4 is 10.6 Å². The average molecular weight is 289 g/mol. The molecule has 0 bridgehead atoms. The van der Waals surface area contributed by atoms with Gasteiger partial charge in [-0.15, -0.1) is 0 Å². The Morgan fingerprint density at radius 3 is 2.40 bits per heavy atom. The van der Waals surface area contributed by atoms with Crippen molar-refractivity contribution < 1.29 is 4.79 Å². The lowest BCUT2D eigenvalue weighted by Crippen LogP contribution is -2.20. The third-order valence-electron chi connectivity index (χ3n) is 2.95. The number of rotatable bonds is 2. The van der Waals surface area contributed by atoms with Crippen molar-refractivity contribution in [1.82, 2.24) is 0 Å². The lowest BCUT2D eigenvalue weighted by Gasteiger charge is -2.12. The number of amides is 2. The molecule has 0 heterocycles. The minimum absolute atomic E-state index is 0.301. The van der Waals surface area contributed by atoms with Gasteiger partial charge in [0, 0.05) is 5.69 Å². The summed E-state index contributed by atoms with van der Waals surface area (Å²) in [4.78, 5) is 12.0. The number of benzene rings is 2. The van der Waals surface area contributed by atoms with Crippen LogP contribution in [0.5, 0.6) is 0 Å². The van der Waals surface area contributed by atoms with Crippen molar-refractivity contribution in [1.29, 1.82) is 0 Å². The molecule has 0 spiro atoms. The van der Waals surface area contributed by atoms with Crippen molar-refractivity contribution in [2.24, 2.45) is 0 Å². The maximum Gasteiger partial charge on any atom is 0.323 e. The van der Waals surface area contributed by atoms with E-state index in [-0.39, 0.29) is 6.03 Å². The van der Waals surface area contributed by atoms with E-state index in [9.17, 15) is 4.79 Å². The molecule has 104 valence electrons. The number of carbonyl (C=O) groups excluding carboxylic acids is 1. The van der Waals surface area contributed by atoms with Gasteiger partial charge in [0.1, 0.15) is 0 Å². The number of nitrogens with one attached hydrogen (secondary N) is 2. The van der Waals surface area contributed by atoms with Crippen LogP contribution in [0.3, 0.4) is 0 Å². The summed E-state index contributed by atoms with van der Waals surface area (Å²) in [6.45, 7) is 5.86. The highest BCUT2D eigenvalue weighted by atomic mass is 35.5. The van der Waals surface area contributed by atoms with Crippen LogP contribution in [0.15, 0.2) is 36.4 Å². The molecule has 0 aliphatic rings. The number of aryl methyl sites for hydroxylation is 3. The maximum absolute atomic E-state index is 12.0. The minimum atomic E-state index is -0.301. The van der Waals surface area contributed by atoms with Crippen molar-refractivity contribution in [2.75, 3.05) is 10.6 Å². The van der Waals surface area contributed by atoms with Gasteiger partial charge in [0.2, 0.25) is 0 Å². The maximum atomic E-state index is 12.0. The fourth-order valence-electron chi connectivity index (χ4n) is 2.07. The highest BCUT2D eigenvalue weighted by Crippen LogP contribution is 2.27. The molecule has 2 N–H and O–H groups in total. The molecule has 0 radical (unpaired) electrons. The quantitative estimate of drug-likeness (QED) is 0.810. The third kappa shape index (κ3) is 3.52. The molecule has 2 aromatic carbocycles. The molecule has 4 heteroatoms. The van der Waals surface area contributed by atoms with Crippen molar-refractivity contribution in [3.8, 4) is 0 Å². The molecule has 0 atom stereocenters. The molecule has 0 saturated carbocycles. The molecule has 0 aliphatic carbocycles. The Bertz CT molecular complexity index is 630. The summed E-state index contributed by atoms with van der Waals surface area (Å²) in [6.07, 6.45) is 0. The predicted molar refractivity (Wildman–Crippen MR) is 84.7 cm³/mol. The molecule has 20 heavy (non-hydrogen) atoms. The zero-order valence-corrected chi connectivity index (χ0v) is 12.5. The van der Waals surface area contributed by atoms with Crippen LogP contribution in [-0.4, -0.2) is 6.03 Å². The fraction of sp³-hybridized carbons (Fsp3) is 0.188.